The first-order valence-corrected chi connectivity index (χ1v) is 9.81. The van der Waals surface area contributed by atoms with E-state index in [0.29, 0.717) is 24.6 Å². The summed E-state index contributed by atoms with van der Waals surface area (Å²) in [7, 11) is 0. The van der Waals surface area contributed by atoms with Gasteiger partial charge in [-0.1, -0.05) is 30.3 Å². The van der Waals surface area contributed by atoms with Crippen LogP contribution in [-0.4, -0.2) is 49.2 Å². The van der Waals surface area contributed by atoms with Crippen LogP contribution in [-0.2, 0) is 0 Å². The Morgan fingerprint density at radius 3 is 2.76 bits per heavy atom. The summed E-state index contributed by atoms with van der Waals surface area (Å²) in [6.45, 7) is 1.32. The molecule has 0 unspecified atom stereocenters. The summed E-state index contributed by atoms with van der Waals surface area (Å²) in [6.07, 6.45) is 9.95. The summed E-state index contributed by atoms with van der Waals surface area (Å²) in [5, 5.41) is 7.59. The van der Waals surface area contributed by atoms with Crippen LogP contribution in [0.15, 0.2) is 61.2 Å². The average Bonchev–Trinajstić information content (AvgIpc) is 3.23. The highest BCUT2D eigenvalue weighted by atomic mass is 16.5. The lowest BCUT2D eigenvalue weighted by atomic mass is 9.91. The molecule has 2 aliphatic heterocycles. The van der Waals surface area contributed by atoms with Crippen LogP contribution in [0.5, 0.6) is 5.75 Å². The molecule has 0 N–H and O–H groups in total. The summed E-state index contributed by atoms with van der Waals surface area (Å²) in [5.74, 6) is 1.48. The molecule has 0 bridgehead atoms. The number of carbonyl (C=O) groups is 1. The van der Waals surface area contributed by atoms with Crippen LogP contribution in [0, 0.1) is 0 Å². The minimum atomic E-state index is -0.346. The quantitative estimate of drug-likeness (QED) is 0.675. The van der Waals surface area contributed by atoms with Gasteiger partial charge in [0.2, 0.25) is 0 Å². The van der Waals surface area contributed by atoms with Crippen LogP contribution >= 0.6 is 0 Å². The minimum absolute atomic E-state index is 0.0582. The van der Waals surface area contributed by atoms with Crippen LogP contribution in [0.1, 0.15) is 35.3 Å². The lowest BCUT2D eigenvalue weighted by Gasteiger charge is -2.34. The first-order valence-electron chi connectivity index (χ1n) is 9.81. The van der Waals surface area contributed by atoms with Gasteiger partial charge >= 0.3 is 0 Å². The van der Waals surface area contributed by atoms with Gasteiger partial charge in [-0.3, -0.25) is 9.36 Å². The number of pyridine rings is 1. The number of hydrogen-bond donors (Lipinski definition) is 0. The maximum absolute atomic E-state index is 13.1. The lowest BCUT2D eigenvalue weighted by molar-refractivity contribution is 0.0725. The first-order chi connectivity index (χ1) is 14.2. The van der Waals surface area contributed by atoms with Crippen LogP contribution in [0.3, 0.4) is 0 Å². The van der Waals surface area contributed by atoms with Crippen molar-refractivity contribution in [3.8, 4) is 11.6 Å². The zero-order chi connectivity index (χ0) is 19.7. The van der Waals surface area contributed by atoms with Gasteiger partial charge in [-0.2, -0.15) is 0 Å². The SMILES string of the molecule is O=C(c1cccc(-n2cnnc2)n1)N1CCC[C@]2(C=Cc3ccccc3O2)CC1. The first kappa shape index (κ1) is 17.6. The number of ether oxygens (including phenoxy) is 1. The molecule has 0 saturated carbocycles. The third kappa shape index (κ3) is 3.40. The molecule has 0 radical (unpaired) electrons. The van der Waals surface area contributed by atoms with Gasteiger partial charge in [0.05, 0.1) is 0 Å². The number of fused-ring (bicyclic) bond motifs is 1. The number of nitrogens with zero attached hydrogens (tertiary/aromatic N) is 5. The van der Waals surface area contributed by atoms with Gasteiger partial charge in [-0.05, 0) is 37.1 Å². The molecule has 1 fully saturated rings. The molecule has 1 saturated heterocycles. The number of para-hydroxylation sites is 1. The van der Waals surface area contributed by atoms with Gasteiger partial charge in [0.15, 0.2) is 0 Å². The van der Waals surface area contributed by atoms with E-state index < -0.39 is 0 Å². The van der Waals surface area contributed by atoms with Gasteiger partial charge in [0.25, 0.3) is 5.91 Å². The summed E-state index contributed by atoms with van der Waals surface area (Å²) >= 11 is 0. The molecule has 5 rings (SSSR count). The van der Waals surface area contributed by atoms with Gasteiger partial charge in [0, 0.05) is 25.1 Å². The Balaban J connectivity index is 1.33. The molecule has 1 amide bonds. The Morgan fingerprint density at radius 2 is 1.86 bits per heavy atom. The Hall–Kier alpha value is -3.48. The second-order valence-electron chi connectivity index (χ2n) is 7.43. The highest BCUT2D eigenvalue weighted by Crippen LogP contribution is 2.37. The van der Waals surface area contributed by atoms with E-state index in [0.717, 1.165) is 30.6 Å². The normalized spacial score (nSPS) is 20.8. The fourth-order valence-electron chi connectivity index (χ4n) is 3.98. The average molecular weight is 387 g/mol. The lowest BCUT2D eigenvalue weighted by Crippen LogP contribution is -2.38. The molecule has 2 aliphatic rings. The highest BCUT2D eigenvalue weighted by molar-refractivity contribution is 5.92. The summed E-state index contributed by atoms with van der Waals surface area (Å²) in [5.41, 5.74) is 1.18. The highest BCUT2D eigenvalue weighted by Gasteiger charge is 2.36. The Labute approximate surface area is 168 Å². The van der Waals surface area contributed by atoms with Crippen molar-refractivity contribution in [1.29, 1.82) is 0 Å². The molecule has 7 nitrogen and oxygen atoms in total. The molecule has 146 valence electrons. The van der Waals surface area contributed by atoms with Crippen molar-refractivity contribution in [3.05, 3.63) is 72.5 Å². The molecule has 4 heterocycles. The van der Waals surface area contributed by atoms with Crippen molar-refractivity contribution in [3.63, 3.8) is 0 Å². The molecule has 2 aromatic heterocycles. The third-order valence-corrected chi connectivity index (χ3v) is 5.56. The number of aromatic nitrogens is 4. The van der Waals surface area contributed by atoms with Crippen molar-refractivity contribution in [2.45, 2.75) is 24.9 Å². The van der Waals surface area contributed by atoms with Crippen molar-refractivity contribution in [1.82, 2.24) is 24.6 Å². The molecule has 1 aromatic carbocycles. The molecular formula is C22H21N5O2. The van der Waals surface area contributed by atoms with Crippen LogP contribution in [0.25, 0.3) is 11.9 Å². The van der Waals surface area contributed by atoms with E-state index in [4.69, 9.17) is 4.74 Å². The molecule has 3 aromatic rings. The zero-order valence-electron chi connectivity index (χ0n) is 15.9. The fourth-order valence-corrected chi connectivity index (χ4v) is 3.98. The van der Waals surface area contributed by atoms with Crippen LogP contribution < -0.4 is 4.74 Å². The van der Waals surface area contributed by atoms with E-state index in [-0.39, 0.29) is 11.5 Å². The Bertz CT molecular complexity index is 1060. The summed E-state index contributed by atoms with van der Waals surface area (Å²) < 4.78 is 8.07. The van der Waals surface area contributed by atoms with Crippen LogP contribution in [0.2, 0.25) is 0 Å². The number of likely N-dealkylation sites (tertiary alicyclic amines) is 1. The monoisotopic (exact) mass is 387 g/mol. The summed E-state index contributed by atoms with van der Waals surface area (Å²) in [6, 6.07) is 13.5. The second-order valence-corrected chi connectivity index (χ2v) is 7.43. The van der Waals surface area contributed by atoms with Crippen molar-refractivity contribution >= 4 is 12.0 Å². The predicted octanol–water partition coefficient (Wildman–Crippen LogP) is 3.13. The summed E-state index contributed by atoms with van der Waals surface area (Å²) in [4.78, 5) is 19.5. The van der Waals surface area contributed by atoms with Crippen molar-refractivity contribution in [2.24, 2.45) is 0 Å². The zero-order valence-corrected chi connectivity index (χ0v) is 15.9. The maximum Gasteiger partial charge on any atom is 0.272 e. The predicted molar refractivity (Wildman–Crippen MR) is 108 cm³/mol. The van der Waals surface area contributed by atoms with Crippen LogP contribution in [0.4, 0.5) is 0 Å². The van der Waals surface area contributed by atoms with Gasteiger partial charge in [-0.15, -0.1) is 10.2 Å². The fraction of sp³-hybridized carbons (Fsp3) is 0.273. The van der Waals surface area contributed by atoms with Crippen molar-refractivity contribution < 1.29 is 9.53 Å². The number of amides is 1. The molecule has 7 heteroatoms. The van der Waals surface area contributed by atoms with E-state index in [1.54, 1.807) is 23.3 Å². The molecule has 1 atom stereocenters. The Morgan fingerprint density at radius 1 is 1.00 bits per heavy atom. The van der Waals surface area contributed by atoms with E-state index in [1.165, 1.54) is 0 Å². The molecule has 1 spiro atoms. The molecular weight excluding hydrogens is 366 g/mol. The molecule has 0 aliphatic carbocycles. The van der Waals surface area contributed by atoms with Gasteiger partial charge in [0.1, 0.15) is 35.5 Å². The Kier molecular flexibility index (Phi) is 4.35. The van der Waals surface area contributed by atoms with Crippen molar-refractivity contribution in [2.75, 3.05) is 13.1 Å². The smallest absolute Gasteiger partial charge is 0.272 e. The van der Waals surface area contributed by atoms with Gasteiger partial charge < -0.3 is 9.64 Å². The molecule has 29 heavy (non-hydrogen) atoms. The van der Waals surface area contributed by atoms with E-state index in [1.807, 2.05) is 35.2 Å². The number of rotatable bonds is 2. The van der Waals surface area contributed by atoms with E-state index >= 15 is 0 Å². The number of hydrogen-bond acceptors (Lipinski definition) is 5. The minimum Gasteiger partial charge on any atom is -0.483 e. The van der Waals surface area contributed by atoms with Gasteiger partial charge in [-0.25, -0.2) is 4.98 Å². The number of benzene rings is 1. The third-order valence-electron chi connectivity index (χ3n) is 5.56. The second kappa shape index (κ2) is 7.16. The van der Waals surface area contributed by atoms with E-state index in [2.05, 4.69) is 33.4 Å². The number of carbonyl (C=O) groups excluding carboxylic acids is 1. The maximum atomic E-state index is 13.1. The topological polar surface area (TPSA) is 73.1 Å². The standard InChI is InChI=1S/C22H21N5O2/c28-21(18-6-3-8-20(25-18)27-15-23-24-16-27)26-13-4-10-22(12-14-26)11-9-17-5-1-2-7-19(17)29-22/h1-3,5-9,11,15-16H,4,10,12-14H2/t22-/m0/s1. The van der Waals surface area contributed by atoms with E-state index in [9.17, 15) is 4.79 Å². The largest absolute Gasteiger partial charge is 0.483 e.